The predicted molar refractivity (Wildman–Crippen MR) is 76.1 cm³/mol. The smallest absolute Gasteiger partial charge is 0.127 e. The fourth-order valence-electron chi connectivity index (χ4n) is 1.84. The van der Waals surface area contributed by atoms with Gasteiger partial charge in [-0.25, -0.2) is 0 Å². The van der Waals surface area contributed by atoms with E-state index >= 15 is 0 Å². The Balaban J connectivity index is 2.15. The van der Waals surface area contributed by atoms with Crippen LogP contribution in [0.15, 0.2) is 54.6 Å². The number of aliphatic hydroxyl groups is 1. The van der Waals surface area contributed by atoms with E-state index < -0.39 is 6.10 Å². The number of hydrogen-bond donors (Lipinski definition) is 2. The lowest BCUT2D eigenvalue weighted by Crippen LogP contribution is -2.18. The molecule has 2 rings (SSSR count). The summed E-state index contributed by atoms with van der Waals surface area (Å²) in [5, 5.41) is 10.1. The van der Waals surface area contributed by atoms with Crippen molar-refractivity contribution < 1.29 is 9.84 Å². The Bertz CT molecular complexity index is 513. The standard InChI is InChI=1S/C16H19NO2/c1-12(11-17)16(18)13-6-5-9-15(10-13)19-14-7-3-2-4-8-14/h2-10,12,16,18H,11,17H2,1H3. The second-order valence-electron chi connectivity index (χ2n) is 4.65. The summed E-state index contributed by atoms with van der Waals surface area (Å²) in [6, 6.07) is 17.1. The summed E-state index contributed by atoms with van der Waals surface area (Å²) in [5.74, 6) is 1.51. The molecule has 0 radical (unpaired) electrons. The maximum Gasteiger partial charge on any atom is 0.127 e. The van der Waals surface area contributed by atoms with Gasteiger partial charge in [-0.1, -0.05) is 37.3 Å². The fourth-order valence-corrected chi connectivity index (χ4v) is 1.84. The Morgan fingerprint density at radius 1 is 1.05 bits per heavy atom. The number of para-hydroxylation sites is 1. The zero-order valence-electron chi connectivity index (χ0n) is 11.0. The molecule has 0 fully saturated rings. The van der Waals surface area contributed by atoms with Gasteiger partial charge in [0, 0.05) is 0 Å². The van der Waals surface area contributed by atoms with Gasteiger partial charge in [0.25, 0.3) is 0 Å². The normalized spacial score (nSPS) is 13.8. The Morgan fingerprint density at radius 3 is 2.42 bits per heavy atom. The van der Waals surface area contributed by atoms with Crippen molar-refractivity contribution in [2.45, 2.75) is 13.0 Å². The highest BCUT2D eigenvalue weighted by molar-refractivity contribution is 5.34. The van der Waals surface area contributed by atoms with Crippen molar-refractivity contribution in [3.63, 3.8) is 0 Å². The molecule has 0 saturated carbocycles. The van der Waals surface area contributed by atoms with E-state index in [1.165, 1.54) is 0 Å². The van der Waals surface area contributed by atoms with Gasteiger partial charge in [-0.2, -0.15) is 0 Å². The molecule has 0 spiro atoms. The highest BCUT2D eigenvalue weighted by atomic mass is 16.5. The number of benzene rings is 2. The molecule has 0 saturated heterocycles. The maximum atomic E-state index is 10.1. The average molecular weight is 257 g/mol. The molecular formula is C16H19NO2. The average Bonchev–Trinajstić information content (AvgIpc) is 2.47. The minimum absolute atomic E-state index is 0.0203. The molecule has 0 aliphatic rings. The van der Waals surface area contributed by atoms with Gasteiger partial charge in [0.2, 0.25) is 0 Å². The number of ether oxygens (including phenoxy) is 1. The van der Waals surface area contributed by atoms with E-state index in [0.717, 1.165) is 11.3 Å². The van der Waals surface area contributed by atoms with Gasteiger partial charge in [-0.05, 0) is 42.3 Å². The lowest BCUT2D eigenvalue weighted by atomic mass is 9.97. The molecule has 2 aromatic carbocycles. The summed E-state index contributed by atoms with van der Waals surface area (Å²) in [6.07, 6.45) is -0.565. The van der Waals surface area contributed by atoms with E-state index in [9.17, 15) is 5.11 Å². The maximum absolute atomic E-state index is 10.1. The van der Waals surface area contributed by atoms with E-state index in [-0.39, 0.29) is 5.92 Å². The zero-order chi connectivity index (χ0) is 13.7. The van der Waals surface area contributed by atoms with Gasteiger partial charge in [-0.15, -0.1) is 0 Å². The van der Waals surface area contributed by atoms with Gasteiger partial charge >= 0.3 is 0 Å². The van der Waals surface area contributed by atoms with Crippen LogP contribution in [0, 0.1) is 5.92 Å². The highest BCUT2D eigenvalue weighted by Gasteiger charge is 2.15. The van der Waals surface area contributed by atoms with Crippen LogP contribution in [0.2, 0.25) is 0 Å². The molecule has 0 amide bonds. The molecule has 100 valence electrons. The van der Waals surface area contributed by atoms with Crippen LogP contribution in [0.5, 0.6) is 11.5 Å². The first-order valence-electron chi connectivity index (χ1n) is 6.41. The van der Waals surface area contributed by atoms with Crippen LogP contribution < -0.4 is 10.5 Å². The molecule has 0 heterocycles. The quantitative estimate of drug-likeness (QED) is 0.865. The minimum Gasteiger partial charge on any atom is -0.457 e. The van der Waals surface area contributed by atoms with Crippen molar-refractivity contribution in [1.29, 1.82) is 0 Å². The molecule has 2 atom stereocenters. The summed E-state index contributed by atoms with van der Waals surface area (Å²) in [5.41, 5.74) is 6.41. The Morgan fingerprint density at radius 2 is 1.74 bits per heavy atom. The van der Waals surface area contributed by atoms with Gasteiger partial charge in [-0.3, -0.25) is 0 Å². The molecule has 0 aliphatic carbocycles. The van der Waals surface area contributed by atoms with Gasteiger partial charge < -0.3 is 15.6 Å². The largest absolute Gasteiger partial charge is 0.457 e. The second-order valence-corrected chi connectivity index (χ2v) is 4.65. The Labute approximate surface area is 113 Å². The third-order valence-electron chi connectivity index (χ3n) is 3.09. The number of nitrogens with two attached hydrogens (primary N) is 1. The van der Waals surface area contributed by atoms with Crippen LogP contribution in [0.3, 0.4) is 0 Å². The van der Waals surface area contributed by atoms with Crippen LogP contribution in [0.1, 0.15) is 18.6 Å². The van der Waals surface area contributed by atoms with Crippen LogP contribution in [0.4, 0.5) is 0 Å². The minimum atomic E-state index is -0.565. The van der Waals surface area contributed by atoms with Crippen molar-refractivity contribution in [2.75, 3.05) is 6.54 Å². The first-order chi connectivity index (χ1) is 9.20. The fraction of sp³-hybridized carbons (Fsp3) is 0.250. The monoisotopic (exact) mass is 257 g/mol. The SMILES string of the molecule is CC(CN)C(O)c1cccc(Oc2ccccc2)c1. The van der Waals surface area contributed by atoms with Crippen molar-refractivity contribution in [3.05, 3.63) is 60.2 Å². The topological polar surface area (TPSA) is 55.5 Å². The van der Waals surface area contributed by atoms with Crippen LogP contribution in [-0.4, -0.2) is 11.7 Å². The van der Waals surface area contributed by atoms with Crippen molar-refractivity contribution in [2.24, 2.45) is 11.7 Å². The third-order valence-corrected chi connectivity index (χ3v) is 3.09. The molecular weight excluding hydrogens is 238 g/mol. The Hall–Kier alpha value is -1.84. The lowest BCUT2D eigenvalue weighted by molar-refractivity contribution is 0.121. The molecule has 0 aliphatic heterocycles. The summed E-state index contributed by atoms with van der Waals surface area (Å²) in [6.45, 7) is 2.38. The molecule has 2 aromatic rings. The van der Waals surface area contributed by atoms with E-state index in [1.54, 1.807) is 0 Å². The van der Waals surface area contributed by atoms with Gasteiger partial charge in [0.15, 0.2) is 0 Å². The summed E-state index contributed by atoms with van der Waals surface area (Å²) in [7, 11) is 0. The molecule has 2 unspecified atom stereocenters. The van der Waals surface area contributed by atoms with E-state index in [2.05, 4.69) is 0 Å². The van der Waals surface area contributed by atoms with E-state index in [1.807, 2.05) is 61.5 Å². The number of hydrogen-bond acceptors (Lipinski definition) is 3. The molecule has 0 aromatic heterocycles. The van der Waals surface area contributed by atoms with Crippen molar-refractivity contribution in [1.82, 2.24) is 0 Å². The molecule has 19 heavy (non-hydrogen) atoms. The Kier molecular flexibility index (Phi) is 4.55. The first-order valence-corrected chi connectivity index (χ1v) is 6.41. The molecule has 3 heteroatoms. The van der Waals surface area contributed by atoms with Crippen LogP contribution in [0.25, 0.3) is 0 Å². The zero-order valence-corrected chi connectivity index (χ0v) is 11.0. The highest BCUT2D eigenvalue weighted by Crippen LogP contribution is 2.27. The van der Waals surface area contributed by atoms with E-state index in [4.69, 9.17) is 10.5 Å². The number of aliphatic hydroxyl groups excluding tert-OH is 1. The van der Waals surface area contributed by atoms with Crippen molar-refractivity contribution >= 4 is 0 Å². The van der Waals surface area contributed by atoms with Crippen LogP contribution >= 0.6 is 0 Å². The summed E-state index contributed by atoms with van der Waals surface area (Å²) >= 11 is 0. The van der Waals surface area contributed by atoms with Gasteiger partial charge in [0.05, 0.1) is 6.10 Å². The first kappa shape index (κ1) is 13.6. The summed E-state index contributed by atoms with van der Waals surface area (Å²) < 4.78 is 5.74. The lowest BCUT2D eigenvalue weighted by Gasteiger charge is -2.18. The third kappa shape index (κ3) is 3.56. The summed E-state index contributed by atoms with van der Waals surface area (Å²) in [4.78, 5) is 0. The van der Waals surface area contributed by atoms with Crippen molar-refractivity contribution in [3.8, 4) is 11.5 Å². The van der Waals surface area contributed by atoms with Gasteiger partial charge in [0.1, 0.15) is 11.5 Å². The molecule has 3 N–H and O–H groups in total. The van der Waals surface area contributed by atoms with E-state index in [0.29, 0.717) is 12.3 Å². The van der Waals surface area contributed by atoms with Crippen LogP contribution in [-0.2, 0) is 0 Å². The second kappa shape index (κ2) is 6.36. The molecule has 0 bridgehead atoms. The molecule has 3 nitrogen and oxygen atoms in total. The predicted octanol–water partition coefficient (Wildman–Crippen LogP) is 3.11. The number of rotatable bonds is 5.